The van der Waals surface area contributed by atoms with Crippen LogP contribution in [0.25, 0.3) is 0 Å². The third-order valence-electron chi connectivity index (χ3n) is 4.56. The molecule has 2 rings (SSSR count). The van der Waals surface area contributed by atoms with Gasteiger partial charge in [-0.25, -0.2) is 4.98 Å². The van der Waals surface area contributed by atoms with Crippen LogP contribution in [0.4, 0.5) is 13.2 Å². The van der Waals surface area contributed by atoms with E-state index < -0.39 is 12.7 Å². The first-order chi connectivity index (χ1) is 11.8. The van der Waals surface area contributed by atoms with Crippen molar-refractivity contribution in [2.75, 3.05) is 46.8 Å². The number of hydrogen-bond donors (Lipinski definition) is 1. The molecule has 0 radical (unpaired) electrons. The van der Waals surface area contributed by atoms with Crippen molar-refractivity contribution in [3.8, 4) is 0 Å². The van der Waals surface area contributed by atoms with Crippen LogP contribution < -0.4 is 5.32 Å². The fourth-order valence-electron chi connectivity index (χ4n) is 3.17. The Balaban J connectivity index is 0.00000338. The maximum absolute atomic E-state index is 12.4. The van der Waals surface area contributed by atoms with E-state index >= 15 is 0 Å². The van der Waals surface area contributed by atoms with Crippen molar-refractivity contribution in [3.63, 3.8) is 0 Å². The van der Waals surface area contributed by atoms with Gasteiger partial charge in [0.2, 0.25) is 0 Å². The van der Waals surface area contributed by atoms with E-state index in [0.717, 1.165) is 25.5 Å². The molecule has 150 valence electrons. The van der Waals surface area contributed by atoms with E-state index in [1.807, 2.05) is 12.5 Å². The second kappa shape index (κ2) is 10.3. The summed E-state index contributed by atoms with van der Waals surface area (Å²) in [6.45, 7) is 3.72. The molecule has 1 aromatic heterocycles. The Hall–Kier alpha value is -1.04. The summed E-state index contributed by atoms with van der Waals surface area (Å²) in [7, 11) is 3.17. The molecule has 1 aliphatic rings. The smallest absolute Gasteiger partial charge is 0.355 e. The minimum atomic E-state index is -4.17. The van der Waals surface area contributed by atoms with Gasteiger partial charge in [-0.05, 0) is 19.4 Å². The van der Waals surface area contributed by atoms with Crippen molar-refractivity contribution < 1.29 is 13.2 Å². The minimum Gasteiger partial charge on any atom is -0.355 e. The molecule has 0 bridgehead atoms. The largest absolute Gasteiger partial charge is 0.401 e. The molecule has 2 atom stereocenters. The predicted molar refractivity (Wildman–Crippen MR) is 107 cm³/mol. The average Bonchev–Trinajstić information content (AvgIpc) is 3.05. The summed E-state index contributed by atoms with van der Waals surface area (Å²) in [6.07, 6.45) is 2.42. The van der Waals surface area contributed by atoms with E-state index in [2.05, 4.69) is 31.7 Å². The SMILES string of the molecule is CN=C(NCCN(C)CC(F)(F)F)N1CCC(C)C(n2ccnc2)C1.I. The molecule has 6 nitrogen and oxygen atoms in total. The Labute approximate surface area is 169 Å². The van der Waals surface area contributed by atoms with Gasteiger partial charge in [-0.3, -0.25) is 9.89 Å². The van der Waals surface area contributed by atoms with Crippen LogP contribution >= 0.6 is 24.0 Å². The van der Waals surface area contributed by atoms with Crippen molar-refractivity contribution in [2.24, 2.45) is 10.9 Å². The standard InChI is InChI=1S/C16H27F3N6.HI/c1-13-4-7-24(10-14(13)25-9-5-21-12-25)15(20-2)22-6-8-23(3)11-16(17,18)19;/h5,9,12-14H,4,6-8,10-11H2,1-3H3,(H,20,22);1H. The van der Waals surface area contributed by atoms with Crippen molar-refractivity contribution >= 4 is 29.9 Å². The summed E-state index contributed by atoms with van der Waals surface area (Å²) in [5, 5.41) is 3.18. The summed E-state index contributed by atoms with van der Waals surface area (Å²) in [5.74, 6) is 1.26. The summed E-state index contributed by atoms with van der Waals surface area (Å²) in [4.78, 5) is 11.8. The van der Waals surface area contributed by atoms with Crippen LogP contribution in [0.5, 0.6) is 0 Å². The Morgan fingerprint density at radius 3 is 2.73 bits per heavy atom. The molecule has 2 unspecified atom stereocenters. The van der Waals surface area contributed by atoms with Crippen molar-refractivity contribution in [1.82, 2.24) is 24.7 Å². The van der Waals surface area contributed by atoms with Crippen LogP contribution in [0.2, 0.25) is 0 Å². The number of halogens is 4. The molecule has 0 aliphatic carbocycles. The molecule has 0 amide bonds. The Morgan fingerprint density at radius 1 is 1.42 bits per heavy atom. The van der Waals surface area contributed by atoms with Crippen LogP contribution in [0.1, 0.15) is 19.4 Å². The van der Waals surface area contributed by atoms with Crippen LogP contribution in [-0.2, 0) is 0 Å². The number of guanidine groups is 1. The number of likely N-dealkylation sites (N-methyl/N-ethyl adjacent to an activating group) is 1. The molecule has 0 saturated carbocycles. The number of piperidine rings is 1. The number of hydrogen-bond acceptors (Lipinski definition) is 3. The molecule has 2 heterocycles. The monoisotopic (exact) mass is 488 g/mol. The first kappa shape index (κ1) is 23.0. The van der Waals surface area contributed by atoms with Crippen LogP contribution in [-0.4, -0.2) is 78.3 Å². The number of nitrogens with one attached hydrogen (secondary N) is 1. The molecule has 0 spiro atoms. The van der Waals surface area contributed by atoms with E-state index in [9.17, 15) is 13.2 Å². The zero-order valence-corrected chi connectivity index (χ0v) is 17.7. The topological polar surface area (TPSA) is 48.7 Å². The van der Waals surface area contributed by atoms with Gasteiger partial charge in [-0.2, -0.15) is 13.2 Å². The third kappa shape index (κ3) is 6.93. The first-order valence-corrected chi connectivity index (χ1v) is 8.48. The van der Waals surface area contributed by atoms with E-state index in [0.29, 0.717) is 25.0 Å². The molecule has 1 aromatic rings. The van der Waals surface area contributed by atoms with Gasteiger partial charge in [-0.15, -0.1) is 24.0 Å². The third-order valence-corrected chi connectivity index (χ3v) is 4.56. The predicted octanol–water partition coefficient (Wildman–Crippen LogP) is 2.45. The van der Waals surface area contributed by atoms with Gasteiger partial charge in [0.25, 0.3) is 0 Å². The highest BCUT2D eigenvalue weighted by molar-refractivity contribution is 14.0. The molecule has 26 heavy (non-hydrogen) atoms. The molecule has 0 aromatic carbocycles. The number of aromatic nitrogens is 2. The molecule has 1 fully saturated rings. The van der Waals surface area contributed by atoms with E-state index in [-0.39, 0.29) is 24.0 Å². The maximum Gasteiger partial charge on any atom is 0.401 e. The van der Waals surface area contributed by atoms with Gasteiger partial charge in [0, 0.05) is 45.6 Å². The van der Waals surface area contributed by atoms with E-state index in [4.69, 9.17) is 0 Å². The van der Waals surface area contributed by atoms with Crippen molar-refractivity contribution in [2.45, 2.75) is 25.6 Å². The highest BCUT2D eigenvalue weighted by atomic mass is 127. The lowest BCUT2D eigenvalue weighted by atomic mass is 9.93. The fourth-order valence-corrected chi connectivity index (χ4v) is 3.17. The maximum atomic E-state index is 12.4. The number of imidazole rings is 1. The zero-order valence-electron chi connectivity index (χ0n) is 15.4. The molecule has 1 N–H and O–H groups in total. The Bertz CT molecular complexity index is 549. The molecular formula is C16H28F3IN6. The number of aliphatic imine (C=N–C) groups is 1. The second-order valence-electron chi connectivity index (χ2n) is 6.62. The van der Waals surface area contributed by atoms with Gasteiger partial charge in [-0.1, -0.05) is 6.92 Å². The Morgan fingerprint density at radius 2 is 2.15 bits per heavy atom. The highest BCUT2D eigenvalue weighted by Gasteiger charge is 2.30. The van der Waals surface area contributed by atoms with Gasteiger partial charge in [0.05, 0.1) is 18.9 Å². The summed E-state index contributed by atoms with van der Waals surface area (Å²) >= 11 is 0. The van der Waals surface area contributed by atoms with Gasteiger partial charge in [0.1, 0.15) is 0 Å². The average molecular weight is 488 g/mol. The quantitative estimate of drug-likeness (QED) is 0.393. The lowest BCUT2D eigenvalue weighted by Crippen LogP contribution is -2.50. The van der Waals surface area contributed by atoms with E-state index in [1.54, 1.807) is 13.2 Å². The van der Waals surface area contributed by atoms with Crippen molar-refractivity contribution in [3.05, 3.63) is 18.7 Å². The number of rotatable bonds is 5. The van der Waals surface area contributed by atoms with Gasteiger partial charge in [0.15, 0.2) is 5.96 Å². The molecular weight excluding hydrogens is 460 g/mol. The highest BCUT2D eigenvalue weighted by Crippen LogP contribution is 2.27. The summed E-state index contributed by atoms with van der Waals surface area (Å²) < 4.78 is 39.2. The van der Waals surface area contributed by atoms with E-state index in [1.165, 1.54) is 11.9 Å². The normalized spacial score (nSPS) is 21.7. The number of likely N-dealkylation sites (tertiary alicyclic amines) is 1. The molecule has 1 saturated heterocycles. The van der Waals surface area contributed by atoms with Crippen molar-refractivity contribution in [1.29, 1.82) is 0 Å². The number of nitrogens with zero attached hydrogens (tertiary/aromatic N) is 5. The Kier molecular flexibility index (Phi) is 9.14. The molecule has 1 aliphatic heterocycles. The van der Waals surface area contributed by atoms with Crippen LogP contribution in [0.15, 0.2) is 23.7 Å². The van der Waals surface area contributed by atoms with Gasteiger partial charge >= 0.3 is 6.18 Å². The molecule has 10 heteroatoms. The fraction of sp³-hybridized carbons (Fsp3) is 0.750. The lowest BCUT2D eigenvalue weighted by Gasteiger charge is -2.39. The lowest BCUT2D eigenvalue weighted by molar-refractivity contribution is -0.142. The summed E-state index contributed by atoms with van der Waals surface area (Å²) in [5.41, 5.74) is 0. The van der Waals surface area contributed by atoms with Crippen LogP contribution in [0.3, 0.4) is 0 Å². The number of alkyl halides is 3. The first-order valence-electron chi connectivity index (χ1n) is 8.48. The van der Waals surface area contributed by atoms with Crippen LogP contribution in [0, 0.1) is 5.92 Å². The van der Waals surface area contributed by atoms with Gasteiger partial charge < -0.3 is 14.8 Å². The summed E-state index contributed by atoms with van der Waals surface area (Å²) in [6, 6.07) is 0.308. The second-order valence-corrected chi connectivity index (χ2v) is 6.62. The zero-order chi connectivity index (χ0) is 18.4. The minimum absolute atomic E-state index is 0.